The lowest BCUT2D eigenvalue weighted by molar-refractivity contribution is -0.589. The van der Waals surface area contributed by atoms with Gasteiger partial charge in [-0.05, 0) is 12.8 Å². The van der Waals surface area contributed by atoms with Gasteiger partial charge in [-0.3, -0.25) is 0 Å². The zero-order chi connectivity index (χ0) is 24.6. The fourth-order valence-corrected chi connectivity index (χ4v) is 5.25. The van der Waals surface area contributed by atoms with E-state index in [0.717, 1.165) is 18.4 Å². The van der Waals surface area contributed by atoms with E-state index in [9.17, 15) is 5.21 Å². The van der Waals surface area contributed by atoms with Gasteiger partial charge < -0.3 is 10.7 Å². The molecular weight excluding hydrogens is 414 g/mol. The largest absolute Gasteiger partial charge is 0.636 e. The number of hydroxylamine groups is 1. The van der Waals surface area contributed by atoms with E-state index in [4.69, 9.17) is 0 Å². The maximum atomic E-state index is 10.3. The normalized spacial score (nSPS) is 11.5. The third-order valence-electron chi connectivity index (χ3n) is 7.68. The minimum Gasteiger partial charge on any atom is -0.636 e. The van der Waals surface area contributed by atoms with Crippen molar-refractivity contribution in [1.29, 1.82) is 0 Å². The van der Waals surface area contributed by atoms with Crippen molar-refractivity contribution in [3.05, 3.63) is 5.21 Å². The number of hydrogen-bond donors (Lipinski definition) is 1. The molecule has 206 valence electrons. The average Bonchev–Trinajstić information content (AvgIpc) is 2.85. The van der Waals surface area contributed by atoms with E-state index in [1.807, 2.05) is 0 Å². The Morgan fingerprint density at radius 3 is 0.647 bits per heavy atom. The highest BCUT2D eigenvalue weighted by Crippen LogP contribution is 2.16. The van der Waals surface area contributed by atoms with E-state index in [2.05, 4.69) is 6.92 Å². The van der Waals surface area contributed by atoms with Crippen molar-refractivity contribution in [3.8, 4) is 0 Å². The Balaban J connectivity index is 2.99. The van der Waals surface area contributed by atoms with E-state index in [0.29, 0.717) is 0 Å². The molecule has 0 spiro atoms. The van der Waals surface area contributed by atoms with Gasteiger partial charge in [0, 0.05) is 0 Å². The molecule has 34 heavy (non-hydrogen) atoms. The summed E-state index contributed by atoms with van der Waals surface area (Å²) in [5.41, 5.74) is 1.06. The number of quaternary nitrogens is 1. The Labute approximate surface area is 216 Å². The first-order valence-electron chi connectivity index (χ1n) is 16.4. The van der Waals surface area contributed by atoms with Gasteiger partial charge in [0.15, 0.2) is 0 Å². The maximum Gasteiger partial charge on any atom is 0.0752 e. The Kier molecular flexibility index (Phi) is 32.8. The van der Waals surface area contributed by atoms with Gasteiger partial charge >= 0.3 is 0 Å². The molecule has 0 heterocycles. The fraction of sp³-hybridized carbons (Fsp3) is 1.00. The van der Waals surface area contributed by atoms with Crippen LogP contribution in [0.25, 0.3) is 0 Å². The monoisotopic (exact) mass is 482 g/mol. The molecule has 2 nitrogen and oxygen atoms in total. The van der Waals surface area contributed by atoms with Crippen LogP contribution in [-0.4, -0.2) is 6.54 Å². The van der Waals surface area contributed by atoms with Crippen LogP contribution in [0.15, 0.2) is 0 Å². The summed E-state index contributed by atoms with van der Waals surface area (Å²) in [6.07, 6.45) is 43.1. The summed E-state index contributed by atoms with van der Waals surface area (Å²) in [6.45, 7) is 3.07. The van der Waals surface area contributed by atoms with Gasteiger partial charge in [0.2, 0.25) is 0 Å². The van der Waals surface area contributed by atoms with Crippen LogP contribution < -0.4 is 5.48 Å². The Morgan fingerprint density at radius 2 is 0.471 bits per heavy atom. The summed E-state index contributed by atoms with van der Waals surface area (Å²) in [4.78, 5) is 0. The van der Waals surface area contributed by atoms with Crippen LogP contribution in [0.5, 0.6) is 0 Å². The van der Waals surface area contributed by atoms with Crippen molar-refractivity contribution in [1.82, 2.24) is 0 Å². The molecule has 0 aliphatic carbocycles. The summed E-state index contributed by atoms with van der Waals surface area (Å²) in [5, 5.41) is 10.3. The number of nitrogens with two attached hydrogens (primary N) is 1. The highest BCUT2D eigenvalue weighted by atomic mass is 16.5. The highest BCUT2D eigenvalue weighted by molar-refractivity contribution is 4.52. The molecule has 0 aromatic carbocycles. The standard InChI is InChI=1S/C32H67NO/c1-2-3-4-5-6-7-8-9-10-11-12-13-14-15-16-17-18-19-20-21-22-23-24-25-26-27-28-29-30-31-32-33-34/h2-33H2,1H3. The lowest BCUT2D eigenvalue weighted by Crippen LogP contribution is -2.77. The fourth-order valence-electron chi connectivity index (χ4n) is 5.25. The topological polar surface area (TPSA) is 39.7 Å². The first kappa shape index (κ1) is 33.9. The van der Waals surface area contributed by atoms with Crippen molar-refractivity contribution in [2.45, 2.75) is 200 Å². The molecule has 0 fully saturated rings. The molecule has 0 atom stereocenters. The van der Waals surface area contributed by atoms with Crippen LogP contribution in [0.2, 0.25) is 0 Å². The minimum atomic E-state index is 0.763. The van der Waals surface area contributed by atoms with Crippen molar-refractivity contribution in [3.63, 3.8) is 0 Å². The van der Waals surface area contributed by atoms with Crippen LogP contribution in [0.4, 0.5) is 0 Å². The molecule has 0 aromatic heterocycles. The third-order valence-corrected chi connectivity index (χ3v) is 7.68. The molecule has 0 aromatic rings. The molecule has 0 saturated carbocycles. The minimum absolute atomic E-state index is 0.763. The van der Waals surface area contributed by atoms with Crippen LogP contribution in [-0.2, 0) is 0 Å². The molecular formula is C32H67NO. The smallest absolute Gasteiger partial charge is 0.0752 e. The lowest BCUT2D eigenvalue weighted by atomic mass is 10.0. The van der Waals surface area contributed by atoms with Crippen LogP contribution in [0.3, 0.4) is 0 Å². The van der Waals surface area contributed by atoms with Gasteiger partial charge in [-0.15, -0.1) is 0 Å². The zero-order valence-electron chi connectivity index (χ0n) is 23.9. The molecule has 0 radical (unpaired) electrons. The molecule has 0 amide bonds. The molecule has 0 aliphatic rings. The van der Waals surface area contributed by atoms with Gasteiger partial charge in [0.1, 0.15) is 0 Å². The van der Waals surface area contributed by atoms with Crippen molar-refractivity contribution >= 4 is 0 Å². The number of hydrogen-bond acceptors (Lipinski definition) is 1. The van der Waals surface area contributed by atoms with E-state index in [1.54, 1.807) is 0 Å². The van der Waals surface area contributed by atoms with Crippen molar-refractivity contribution in [2.75, 3.05) is 6.54 Å². The first-order valence-corrected chi connectivity index (χ1v) is 16.4. The quantitative estimate of drug-likeness (QED) is 0.0775. The number of unbranched alkanes of at least 4 members (excludes halogenated alkanes) is 29. The van der Waals surface area contributed by atoms with E-state index in [-0.39, 0.29) is 0 Å². The van der Waals surface area contributed by atoms with Gasteiger partial charge in [0.05, 0.1) is 6.54 Å². The first-order chi connectivity index (χ1) is 16.9. The summed E-state index contributed by atoms with van der Waals surface area (Å²) in [5.74, 6) is 0. The second kappa shape index (κ2) is 32.9. The Bertz CT molecular complexity index is 301. The van der Waals surface area contributed by atoms with Gasteiger partial charge in [0.25, 0.3) is 0 Å². The second-order valence-electron chi connectivity index (χ2n) is 11.2. The molecule has 0 unspecified atom stereocenters. The lowest BCUT2D eigenvalue weighted by Gasteiger charge is -2.05. The molecule has 0 saturated heterocycles. The highest BCUT2D eigenvalue weighted by Gasteiger charge is 1.97. The summed E-state index contributed by atoms with van der Waals surface area (Å²) < 4.78 is 0. The number of rotatable bonds is 31. The molecule has 2 heteroatoms. The summed E-state index contributed by atoms with van der Waals surface area (Å²) in [7, 11) is 0. The van der Waals surface area contributed by atoms with Crippen LogP contribution >= 0.6 is 0 Å². The van der Waals surface area contributed by atoms with E-state index < -0.39 is 0 Å². The summed E-state index contributed by atoms with van der Waals surface area (Å²) in [6, 6.07) is 0. The third kappa shape index (κ3) is 31.9. The van der Waals surface area contributed by atoms with Crippen LogP contribution in [0.1, 0.15) is 200 Å². The molecule has 0 aliphatic heterocycles. The summed E-state index contributed by atoms with van der Waals surface area (Å²) >= 11 is 0. The molecule has 0 bridgehead atoms. The van der Waals surface area contributed by atoms with Crippen molar-refractivity contribution in [2.24, 2.45) is 0 Å². The predicted molar refractivity (Wildman–Crippen MR) is 154 cm³/mol. The van der Waals surface area contributed by atoms with E-state index in [1.165, 1.54) is 186 Å². The molecule has 2 N–H and O–H groups in total. The van der Waals surface area contributed by atoms with E-state index >= 15 is 0 Å². The zero-order valence-corrected chi connectivity index (χ0v) is 23.9. The van der Waals surface area contributed by atoms with Gasteiger partial charge in [-0.25, -0.2) is 0 Å². The SMILES string of the molecule is CCCCCCCCCCCCCCCCCCCCCCCCCCCCCCCC[NH2+][O-]. The van der Waals surface area contributed by atoms with Gasteiger partial charge in [-0.2, -0.15) is 0 Å². The average molecular weight is 482 g/mol. The van der Waals surface area contributed by atoms with Crippen molar-refractivity contribution < 1.29 is 5.48 Å². The molecule has 0 rings (SSSR count). The Hall–Kier alpha value is -0.0800. The second-order valence-corrected chi connectivity index (χ2v) is 11.2. The van der Waals surface area contributed by atoms with Gasteiger partial charge in [-0.1, -0.05) is 187 Å². The van der Waals surface area contributed by atoms with Crippen LogP contribution in [0, 0.1) is 5.21 Å². The maximum absolute atomic E-state index is 10.3. The predicted octanol–water partition coefficient (Wildman–Crippen LogP) is 10.8. The Morgan fingerprint density at radius 1 is 0.294 bits per heavy atom.